The highest BCUT2D eigenvalue weighted by molar-refractivity contribution is 5.98. The lowest BCUT2D eigenvalue weighted by Crippen LogP contribution is -2.30. The third kappa shape index (κ3) is 2.33. The fourth-order valence-corrected chi connectivity index (χ4v) is 2.12. The highest BCUT2D eigenvalue weighted by Crippen LogP contribution is 2.25. The molecule has 1 heterocycles. The molecule has 1 aromatic rings. The van der Waals surface area contributed by atoms with Crippen LogP contribution in [0.25, 0.3) is 0 Å². The van der Waals surface area contributed by atoms with Crippen molar-refractivity contribution >= 4 is 5.91 Å². The molecular weight excluding hydrogens is 216 g/mol. The normalized spacial score (nSPS) is 14.6. The molecule has 0 bridgehead atoms. The zero-order valence-electron chi connectivity index (χ0n) is 10.3. The zero-order chi connectivity index (χ0) is 12.4. The van der Waals surface area contributed by atoms with Crippen LogP contribution >= 0.6 is 0 Å². The molecule has 1 amide bonds. The van der Waals surface area contributed by atoms with E-state index in [1.165, 1.54) is 0 Å². The number of amides is 1. The Labute approximate surface area is 101 Å². The molecule has 0 aromatic heterocycles. The average molecular weight is 234 g/mol. The second-order valence-corrected chi connectivity index (χ2v) is 4.64. The van der Waals surface area contributed by atoms with E-state index in [1.54, 1.807) is 0 Å². The minimum absolute atomic E-state index is 0.130. The molecule has 0 unspecified atom stereocenters. The van der Waals surface area contributed by atoms with Crippen molar-refractivity contribution in [3.8, 4) is 0 Å². The van der Waals surface area contributed by atoms with Gasteiger partial charge >= 0.3 is 0 Å². The van der Waals surface area contributed by atoms with E-state index < -0.39 is 0 Å². The SMILES string of the molecule is CC(C)N1Cc2ccc(CCON)cc2C1=O. The van der Waals surface area contributed by atoms with E-state index in [9.17, 15) is 4.79 Å². The quantitative estimate of drug-likeness (QED) is 0.803. The average Bonchev–Trinajstić information content (AvgIpc) is 2.64. The van der Waals surface area contributed by atoms with Gasteiger partial charge in [0.1, 0.15) is 0 Å². The molecule has 0 aliphatic carbocycles. The van der Waals surface area contributed by atoms with Gasteiger partial charge in [0.05, 0.1) is 6.61 Å². The van der Waals surface area contributed by atoms with Gasteiger partial charge in [-0.2, -0.15) is 0 Å². The first-order valence-electron chi connectivity index (χ1n) is 5.88. The summed E-state index contributed by atoms with van der Waals surface area (Å²) in [6, 6.07) is 6.26. The number of carbonyl (C=O) groups is 1. The van der Waals surface area contributed by atoms with Crippen molar-refractivity contribution in [1.29, 1.82) is 0 Å². The van der Waals surface area contributed by atoms with Crippen molar-refractivity contribution in [3.05, 3.63) is 34.9 Å². The molecule has 2 rings (SSSR count). The van der Waals surface area contributed by atoms with Gasteiger partial charge in [-0.25, -0.2) is 5.90 Å². The van der Waals surface area contributed by atoms with Gasteiger partial charge in [-0.3, -0.25) is 4.79 Å². The number of benzene rings is 1. The molecule has 92 valence electrons. The fourth-order valence-electron chi connectivity index (χ4n) is 2.12. The second kappa shape index (κ2) is 4.85. The van der Waals surface area contributed by atoms with E-state index in [0.29, 0.717) is 6.61 Å². The molecular formula is C13H18N2O2. The summed E-state index contributed by atoms with van der Waals surface area (Å²) < 4.78 is 0. The molecule has 0 saturated heterocycles. The van der Waals surface area contributed by atoms with Gasteiger partial charge in [0.2, 0.25) is 0 Å². The molecule has 4 nitrogen and oxygen atoms in total. The third-order valence-electron chi connectivity index (χ3n) is 3.14. The lowest BCUT2D eigenvalue weighted by Gasteiger charge is -2.19. The minimum Gasteiger partial charge on any atom is -0.332 e. The van der Waals surface area contributed by atoms with Gasteiger partial charge in [0.15, 0.2) is 0 Å². The third-order valence-corrected chi connectivity index (χ3v) is 3.14. The van der Waals surface area contributed by atoms with Crippen molar-refractivity contribution < 1.29 is 9.63 Å². The van der Waals surface area contributed by atoms with Crippen molar-refractivity contribution in [3.63, 3.8) is 0 Å². The number of rotatable bonds is 4. The van der Waals surface area contributed by atoms with Crippen LogP contribution in [0.15, 0.2) is 18.2 Å². The lowest BCUT2D eigenvalue weighted by molar-refractivity contribution is 0.0730. The van der Waals surface area contributed by atoms with Crippen LogP contribution in [-0.2, 0) is 17.8 Å². The molecule has 2 N–H and O–H groups in total. The first-order valence-corrected chi connectivity index (χ1v) is 5.88. The van der Waals surface area contributed by atoms with Crippen LogP contribution < -0.4 is 5.90 Å². The van der Waals surface area contributed by atoms with Crippen LogP contribution in [0.1, 0.15) is 35.3 Å². The largest absolute Gasteiger partial charge is 0.332 e. The van der Waals surface area contributed by atoms with Gasteiger partial charge < -0.3 is 9.74 Å². The van der Waals surface area contributed by atoms with Crippen molar-refractivity contribution in [2.24, 2.45) is 5.90 Å². The fraction of sp³-hybridized carbons (Fsp3) is 0.462. The maximum absolute atomic E-state index is 12.1. The summed E-state index contributed by atoms with van der Waals surface area (Å²) in [5.74, 6) is 5.13. The first-order chi connectivity index (χ1) is 8.13. The van der Waals surface area contributed by atoms with Crippen LogP contribution in [0.3, 0.4) is 0 Å². The molecule has 0 radical (unpaired) electrons. The van der Waals surface area contributed by atoms with Gasteiger partial charge in [-0.15, -0.1) is 0 Å². The highest BCUT2D eigenvalue weighted by Gasteiger charge is 2.28. The van der Waals surface area contributed by atoms with Crippen molar-refractivity contribution in [1.82, 2.24) is 4.90 Å². The number of hydrogen-bond donors (Lipinski definition) is 1. The van der Waals surface area contributed by atoms with Gasteiger partial charge in [-0.05, 0) is 37.5 Å². The first kappa shape index (κ1) is 12.1. The molecule has 1 aliphatic rings. The number of fused-ring (bicyclic) bond motifs is 1. The summed E-state index contributed by atoms with van der Waals surface area (Å²) >= 11 is 0. The van der Waals surface area contributed by atoms with E-state index in [2.05, 4.69) is 4.84 Å². The Morgan fingerprint density at radius 3 is 2.88 bits per heavy atom. The van der Waals surface area contributed by atoms with Crippen molar-refractivity contribution in [2.75, 3.05) is 6.61 Å². The molecule has 0 fully saturated rings. The summed E-state index contributed by atoms with van der Waals surface area (Å²) in [6.07, 6.45) is 0.735. The van der Waals surface area contributed by atoms with Crippen LogP contribution in [0, 0.1) is 0 Å². The van der Waals surface area contributed by atoms with Gasteiger partial charge in [0.25, 0.3) is 5.91 Å². The molecule has 0 saturated carbocycles. The molecule has 1 aromatic carbocycles. The maximum atomic E-state index is 12.1. The number of hydrogen-bond acceptors (Lipinski definition) is 3. The Morgan fingerprint density at radius 2 is 2.24 bits per heavy atom. The minimum atomic E-state index is 0.130. The zero-order valence-corrected chi connectivity index (χ0v) is 10.3. The predicted octanol–water partition coefficient (Wildman–Crippen LogP) is 1.48. The Balaban J connectivity index is 2.22. The highest BCUT2D eigenvalue weighted by atomic mass is 16.6. The smallest absolute Gasteiger partial charge is 0.254 e. The summed E-state index contributed by atoms with van der Waals surface area (Å²) in [6.45, 7) is 5.26. The second-order valence-electron chi connectivity index (χ2n) is 4.64. The summed E-state index contributed by atoms with van der Waals surface area (Å²) in [4.78, 5) is 18.6. The van der Waals surface area contributed by atoms with Gasteiger partial charge in [-0.1, -0.05) is 12.1 Å². The monoisotopic (exact) mass is 234 g/mol. The molecule has 1 aliphatic heterocycles. The topological polar surface area (TPSA) is 55.6 Å². The van der Waals surface area contributed by atoms with Crippen LogP contribution in [0.2, 0.25) is 0 Å². The maximum Gasteiger partial charge on any atom is 0.254 e. The Kier molecular flexibility index (Phi) is 3.45. The van der Waals surface area contributed by atoms with Crippen molar-refractivity contribution in [2.45, 2.75) is 32.9 Å². The number of nitrogens with zero attached hydrogens (tertiary/aromatic N) is 1. The standard InChI is InChI=1S/C13H18N2O2/c1-9(2)15-8-11-4-3-10(5-6-17-14)7-12(11)13(15)16/h3-4,7,9H,5-6,8,14H2,1-2H3. The van der Waals surface area contributed by atoms with E-state index >= 15 is 0 Å². The van der Waals surface area contributed by atoms with E-state index in [4.69, 9.17) is 5.90 Å². The Bertz CT molecular complexity index is 429. The predicted molar refractivity (Wildman–Crippen MR) is 65.3 cm³/mol. The Hall–Kier alpha value is -1.39. The molecule has 17 heavy (non-hydrogen) atoms. The summed E-state index contributed by atoms with van der Waals surface area (Å²) in [7, 11) is 0. The van der Waals surface area contributed by atoms with Gasteiger partial charge in [0, 0.05) is 18.2 Å². The van der Waals surface area contributed by atoms with Crippen LogP contribution in [0.5, 0.6) is 0 Å². The van der Waals surface area contributed by atoms with Crippen LogP contribution in [0.4, 0.5) is 0 Å². The molecule has 0 atom stereocenters. The number of carbonyl (C=O) groups excluding carboxylic acids is 1. The number of nitrogens with two attached hydrogens (primary N) is 1. The molecule has 4 heteroatoms. The summed E-state index contributed by atoms with van der Waals surface area (Å²) in [5.41, 5.74) is 3.03. The summed E-state index contributed by atoms with van der Waals surface area (Å²) in [5, 5.41) is 0. The molecule has 0 spiro atoms. The lowest BCUT2D eigenvalue weighted by atomic mass is 10.0. The van der Waals surface area contributed by atoms with Crippen LogP contribution in [-0.4, -0.2) is 23.5 Å². The Morgan fingerprint density at radius 1 is 1.47 bits per heavy atom. The van der Waals surface area contributed by atoms with E-state index in [0.717, 1.165) is 29.7 Å². The van der Waals surface area contributed by atoms with E-state index in [-0.39, 0.29) is 11.9 Å². The van der Waals surface area contributed by atoms with E-state index in [1.807, 2.05) is 36.9 Å².